The van der Waals surface area contributed by atoms with E-state index in [4.69, 9.17) is 22.0 Å². The molecule has 37 heavy (non-hydrogen) atoms. The number of thiazole rings is 1. The monoisotopic (exact) mass is 565 g/mol. The zero-order chi connectivity index (χ0) is 26.9. The highest BCUT2D eigenvalue weighted by Crippen LogP contribution is 2.41. The van der Waals surface area contributed by atoms with Crippen LogP contribution in [0, 0.1) is 0 Å². The van der Waals surface area contributed by atoms with Gasteiger partial charge in [0.2, 0.25) is 11.6 Å². The zero-order valence-electron chi connectivity index (χ0n) is 19.7. The summed E-state index contributed by atoms with van der Waals surface area (Å²) in [5.74, 6) is -1.64. The molecule has 4 heterocycles. The lowest BCUT2D eigenvalue weighted by Gasteiger charge is -2.50. The van der Waals surface area contributed by atoms with Crippen LogP contribution in [-0.2, 0) is 26.3 Å². The first-order valence-corrected chi connectivity index (χ1v) is 13.7. The minimum atomic E-state index is -1.49. The second kappa shape index (κ2) is 10.8. The van der Waals surface area contributed by atoms with E-state index >= 15 is 0 Å². The Morgan fingerprint density at radius 1 is 1.38 bits per heavy atom. The van der Waals surface area contributed by atoms with Crippen LogP contribution in [-0.4, -0.2) is 67.9 Å². The highest BCUT2D eigenvalue weighted by molar-refractivity contribution is 8.01. The number of hydrogen-bond donors (Lipinski definition) is 4. The maximum Gasteiger partial charge on any atom is 0.301 e. The number of carboxylic acids is 1. The Bertz CT molecular complexity index is 1330. The van der Waals surface area contributed by atoms with Crippen LogP contribution in [0.2, 0.25) is 0 Å². The van der Waals surface area contributed by atoms with Gasteiger partial charge in [-0.25, -0.2) is 9.55 Å². The quantitative estimate of drug-likeness (QED) is 0.0651. The number of thioether (sulfide) groups is 2. The molecule has 0 spiro atoms. The molecule has 0 aliphatic carbocycles. The van der Waals surface area contributed by atoms with Gasteiger partial charge < -0.3 is 37.3 Å². The lowest BCUT2D eigenvalue weighted by atomic mass is 10.0. The van der Waals surface area contributed by atoms with Gasteiger partial charge in [0.05, 0.1) is 24.8 Å². The maximum atomic E-state index is 13.0. The Balaban J connectivity index is 1.51. The summed E-state index contributed by atoms with van der Waals surface area (Å²) in [4.78, 5) is 52.4. The number of carbonyl (C=O) groups is 3. The number of carboxylic acid groups (broad SMARTS) is 1. The number of nitrogens with two attached hydrogens (primary N) is 3. The van der Waals surface area contributed by atoms with Gasteiger partial charge in [-0.05, 0) is 24.3 Å². The molecule has 7 N–H and O–H groups in total. The average molecular weight is 566 g/mol. The van der Waals surface area contributed by atoms with Gasteiger partial charge in [0.1, 0.15) is 23.7 Å². The minimum Gasteiger partial charge on any atom is -0.543 e. The van der Waals surface area contributed by atoms with E-state index in [9.17, 15) is 19.5 Å². The number of anilines is 3. The molecule has 2 aliphatic rings. The molecule has 0 bridgehead atoms. The summed E-state index contributed by atoms with van der Waals surface area (Å²) in [5.41, 5.74) is 17.7. The van der Waals surface area contributed by atoms with E-state index in [0.717, 1.165) is 16.2 Å². The van der Waals surface area contributed by atoms with Crippen molar-refractivity contribution in [3.8, 4) is 0 Å². The number of amides is 2. The topological polar surface area (TPSA) is 219 Å². The molecule has 0 saturated carbocycles. The number of carbonyl (C=O) groups excluding carboxylic acids is 3. The van der Waals surface area contributed by atoms with Gasteiger partial charge in [-0.15, -0.1) is 23.1 Å². The summed E-state index contributed by atoms with van der Waals surface area (Å²) < 4.78 is 1.62. The molecule has 17 heteroatoms. The lowest BCUT2D eigenvalue weighted by molar-refractivity contribution is -0.698. The molecule has 14 nitrogen and oxygen atoms in total. The summed E-state index contributed by atoms with van der Waals surface area (Å²) in [7, 11) is 1.71. The molecule has 2 unspecified atom stereocenters. The number of aromatic nitrogens is 3. The van der Waals surface area contributed by atoms with E-state index in [1.165, 1.54) is 29.6 Å². The summed E-state index contributed by atoms with van der Waals surface area (Å²) in [6.45, 7) is 1.91. The third-order valence-corrected chi connectivity index (χ3v) is 8.49. The van der Waals surface area contributed by atoms with Crippen molar-refractivity contribution in [3.05, 3.63) is 28.4 Å². The van der Waals surface area contributed by atoms with Crippen LogP contribution in [0.3, 0.4) is 0 Å². The number of fused-ring (bicyclic) bond motifs is 1. The fraction of sp³-hybridized carbons (Fsp3) is 0.350. The number of nitrogens with zero attached hydrogens (tertiary/aromatic N) is 5. The molecule has 0 aromatic carbocycles. The van der Waals surface area contributed by atoms with E-state index in [-0.39, 0.29) is 40.4 Å². The molecule has 2 atom stereocenters. The SMILES string of the molecule is CCO/N=C(\C(=O)NC1C(=O)N2C(C(=O)[O-])=C(CSc3nc(N)cc(N)[n+]3C)CSC12)c1csc(N)n1. The van der Waals surface area contributed by atoms with Crippen molar-refractivity contribution in [3.63, 3.8) is 0 Å². The van der Waals surface area contributed by atoms with Crippen molar-refractivity contribution in [1.82, 2.24) is 20.2 Å². The van der Waals surface area contributed by atoms with Crippen molar-refractivity contribution in [1.29, 1.82) is 0 Å². The maximum absolute atomic E-state index is 13.0. The number of β-lactam (4-membered cyclic amide) rings is 1. The van der Waals surface area contributed by atoms with Gasteiger partial charge in [-0.2, -0.15) is 0 Å². The molecule has 1 saturated heterocycles. The van der Waals surface area contributed by atoms with Crippen molar-refractivity contribution in [2.24, 2.45) is 12.2 Å². The standard InChI is InChI=1S/C20H23N9O5S3/c1-3-34-27-12(9-7-36-19(23)24-9)15(30)26-13-16(31)29-14(18(32)33)8(5-35-17(13)29)6-37-20-25-10(21)4-11(22)28(20)2/h4,7,13,17H,3,5-6H2,1-2H3,(H7,21,22,23,24,26,30,32,33)/b27-12-. The van der Waals surface area contributed by atoms with Crippen molar-refractivity contribution < 1.29 is 28.9 Å². The predicted octanol–water partition coefficient (Wildman–Crippen LogP) is -1.95. The van der Waals surface area contributed by atoms with Gasteiger partial charge in [-0.3, -0.25) is 14.5 Å². The fourth-order valence-electron chi connectivity index (χ4n) is 3.58. The zero-order valence-corrected chi connectivity index (χ0v) is 22.1. The van der Waals surface area contributed by atoms with E-state index in [2.05, 4.69) is 20.4 Å². The first kappa shape index (κ1) is 26.5. The van der Waals surface area contributed by atoms with Crippen LogP contribution < -0.4 is 32.2 Å². The number of aliphatic carboxylic acids is 1. The smallest absolute Gasteiger partial charge is 0.301 e. The molecule has 4 rings (SSSR count). The van der Waals surface area contributed by atoms with Gasteiger partial charge in [0, 0.05) is 16.9 Å². The van der Waals surface area contributed by atoms with E-state index < -0.39 is 29.2 Å². The highest BCUT2D eigenvalue weighted by Gasteiger charge is 2.53. The number of nitrogens with one attached hydrogen (secondary N) is 1. The molecule has 2 aromatic rings. The molecule has 2 aromatic heterocycles. The number of oxime groups is 1. The summed E-state index contributed by atoms with van der Waals surface area (Å²) >= 11 is 3.67. The second-order valence-corrected chi connectivity index (χ2v) is 10.7. The number of hydrogen-bond acceptors (Lipinski definition) is 14. The third-order valence-electron chi connectivity index (χ3n) is 5.36. The van der Waals surface area contributed by atoms with Crippen molar-refractivity contribution in [2.75, 3.05) is 35.3 Å². The van der Waals surface area contributed by atoms with E-state index in [1.807, 2.05) is 0 Å². The molecule has 2 amide bonds. The Hall–Kier alpha value is -3.57. The van der Waals surface area contributed by atoms with Crippen LogP contribution in [0.5, 0.6) is 0 Å². The molecule has 196 valence electrons. The molecule has 0 radical (unpaired) electrons. The Morgan fingerprint density at radius 2 is 2.14 bits per heavy atom. The largest absolute Gasteiger partial charge is 0.543 e. The van der Waals surface area contributed by atoms with Crippen molar-refractivity contribution >= 4 is 75.1 Å². The molecular formula is C20H23N9O5S3. The van der Waals surface area contributed by atoms with Crippen LogP contribution in [0.15, 0.2) is 33.0 Å². The Kier molecular flexibility index (Phi) is 7.74. The number of rotatable bonds is 9. The third kappa shape index (κ3) is 5.28. The molecular weight excluding hydrogens is 542 g/mol. The Morgan fingerprint density at radius 3 is 2.78 bits per heavy atom. The summed E-state index contributed by atoms with van der Waals surface area (Å²) in [6.07, 6.45) is 0. The van der Waals surface area contributed by atoms with Gasteiger partial charge >= 0.3 is 5.16 Å². The van der Waals surface area contributed by atoms with Gasteiger partial charge in [0.25, 0.3) is 11.8 Å². The number of nitrogen functional groups attached to an aromatic ring is 3. The molecule has 2 aliphatic heterocycles. The Labute approximate surface area is 223 Å². The fourth-order valence-corrected chi connectivity index (χ4v) is 6.61. The summed E-state index contributed by atoms with van der Waals surface area (Å²) in [5, 5.41) is 20.1. The normalized spacial score (nSPS) is 19.4. The van der Waals surface area contributed by atoms with Crippen LogP contribution in [0.25, 0.3) is 0 Å². The van der Waals surface area contributed by atoms with Gasteiger partial charge in [-0.1, -0.05) is 10.1 Å². The van der Waals surface area contributed by atoms with Crippen LogP contribution in [0.1, 0.15) is 12.6 Å². The van der Waals surface area contributed by atoms with Gasteiger partial charge in [0.15, 0.2) is 10.8 Å². The minimum absolute atomic E-state index is 0.142. The average Bonchev–Trinajstić information content (AvgIpc) is 3.28. The predicted molar refractivity (Wildman–Crippen MR) is 137 cm³/mol. The van der Waals surface area contributed by atoms with Crippen LogP contribution in [0.4, 0.5) is 16.8 Å². The first-order chi connectivity index (χ1) is 17.6. The first-order valence-electron chi connectivity index (χ1n) is 10.8. The van der Waals surface area contributed by atoms with E-state index in [0.29, 0.717) is 22.3 Å². The van der Waals surface area contributed by atoms with Crippen molar-refractivity contribution in [2.45, 2.75) is 23.5 Å². The second-order valence-electron chi connectivity index (χ2n) is 7.77. The molecule has 1 fully saturated rings. The highest BCUT2D eigenvalue weighted by atomic mass is 32.2. The van der Waals surface area contributed by atoms with Crippen LogP contribution >= 0.6 is 34.9 Å². The lowest BCUT2D eigenvalue weighted by Crippen LogP contribution is -2.71. The van der Waals surface area contributed by atoms with E-state index in [1.54, 1.807) is 23.9 Å². The summed E-state index contributed by atoms with van der Waals surface area (Å²) in [6, 6.07) is 0.537.